The number of nitrogens with zero attached hydrogens (tertiary/aromatic N) is 2. The number of fused-ring (bicyclic) bond motifs is 6. The van der Waals surface area contributed by atoms with Gasteiger partial charge >= 0.3 is 89.5 Å². The predicted molar refractivity (Wildman–Crippen MR) is 397 cm³/mol. The first kappa shape index (κ1) is 74.6. The van der Waals surface area contributed by atoms with Gasteiger partial charge in [0.05, 0.1) is 0 Å². The molecule has 0 aliphatic heterocycles. The molecule has 0 N–H and O–H groups in total. The van der Waals surface area contributed by atoms with E-state index in [1.54, 1.807) is 0 Å². The first-order valence-corrected chi connectivity index (χ1v) is 36.8. The minimum Gasteiger partial charge on any atom is -0.366 e. The van der Waals surface area contributed by atoms with Crippen LogP contribution in [0.4, 0.5) is 0 Å². The van der Waals surface area contributed by atoms with Crippen LogP contribution in [0.25, 0.3) is 43.6 Å². The van der Waals surface area contributed by atoms with Crippen LogP contribution in [-0.4, -0.2) is 20.9 Å². The number of aromatic nitrogens is 2. The van der Waals surface area contributed by atoms with Gasteiger partial charge < -0.3 is 34.8 Å². The van der Waals surface area contributed by atoms with Crippen LogP contribution in [0.3, 0.4) is 0 Å². The maximum Gasteiger partial charge on any atom is 1.00 e. The van der Waals surface area contributed by atoms with Crippen LogP contribution in [0.15, 0.2) is 315 Å². The summed E-state index contributed by atoms with van der Waals surface area (Å²) in [6.07, 6.45) is 28.9. The Morgan fingerprint density at radius 1 is 0.234 bits per heavy atom. The molecule has 2 aromatic heterocycles. The summed E-state index contributed by atoms with van der Waals surface area (Å²) in [7, 11) is 0.651. The predicted octanol–water partition coefficient (Wildman–Crippen LogP) is 15.8. The molecule has 0 bridgehead atoms. The maximum atomic E-state index is 7.21. The van der Waals surface area contributed by atoms with Crippen molar-refractivity contribution >= 4 is 118 Å². The fourth-order valence-corrected chi connectivity index (χ4v) is 27.2. The summed E-state index contributed by atoms with van der Waals surface area (Å²) in [5, 5.41) is 16.4. The van der Waals surface area contributed by atoms with Crippen LogP contribution in [0.1, 0.15) is 22.3 Å². The van der Waals surface area contributed by atoms with Crippen LogP contribution in [0.5, 0.6) is 0 Å². The van der Waals surface area contributed by atoms with E-state index in [0.717, 1.165) is 65.9 Å². The van der Waals surface area contributed by atoms with E-state index in [9.17, 15) is 0 Å². The molecule has 0 radical (unpaired) electrons. The molecule has 0 spiro atoms. The van der Waals surface area contributed by atoms with Gasteiger partial charge in [0, 0.05) is 36.2 Å². The summed E-state index contributed by atoms with van der Waals surface area (Å²) in [5.74, 6) is 12.1. The molecular formula is C84H66Au4N2P4+4. The summed E-state index contributed by atoms with van der Waals surface area (Å²) < 4.78 is 4.23. The molecule has 472 valence electrons. The summed E-state index contributed by atoms with van der Waals surface area (Å²) >= 11 is 0. The molecule has 0 saturated carbocycles. The van der Waals surface area contributed by atoms with E-state index < -0.39 is 31.7 Å². The molecule has 10 heteroatoms. The van der Waals surface area contributed by atoms with Crippen molar-refractivity contribution in [2.45, 2.75) is 0 Å². The van der Waals surface area contributed by atoms with Crippen LogP contribution in [0, 0.1) is 49.4 Å². The fraction of sp³-hybridized carbons (Fsp3) is 0.0476. The standard InChI is InChI=1S/2C25H22P2.2C17H9N.4Au/c2*1-5-13-22(14-6-1)26(23-15-7-2-8-16-23)21-27(24-17-9-3-10-18-24)25-19-11-4-12-20-25;2*1-4-12-6-8-16-14(10-12)15-11-13(5-2)7-9-17(15)18(16)3;;;;/h2*1-20H,21H2;2*6-11H,3H3;;;;/q;;2*-2;4*+1/p+4. The van der Waals surface area contributed by atoms with E-state index in [1.807, 2.05) is 86.9 Å². The SMILES string of the molecule is [Au+].[Au+].[Au+].[Au+].[C-]#Cc1ccc2c(c1)c1cc(C#[C-])ccc1n2C.[C-]#Cc1ccc2c(c1)c1cc(C#[C-])ccc1n2C.c1ccc([PH+](C[PH+](c2ccccc2)c2ccccc2)c2ccccc2)cc1.c1ccc([PH+](C[PH+](c2ccccc2)c2ccccc2)c2ccccc2)cc1. The summed E-state index contributed by atoms with van der Waals surface area (Å²) in [6, 6.07) is 112. The molecule has 14 rings (SSSR count). The maximum absolute atomic E-state index is 7.21. The van der Waals surface area contributed by atoms with Gasteiger partial charge in [-0.2, -0.15) is 0 Å². The van der Waals surface area contributed by atoms with Crippen molar-refractivity contribution in [1.29, 1.82) is 0 Å². The molecule has 0 fully saturated rings. The van der Waals surface area contributed by atoms with Crippen molar-refractivity contribution in [1.82, 2.24) is 9.13 Å². The smallest absolute Gasteiger partial charge is 0.366 e. The van der Waals surface area contributed by atoms with Crippen LogP contribution >= 0.6 is 31.7 Å². The van der Waals surface area contributed by atoms with Gasteiger partial charge in [-0.15, -0.1) is 70.8 Å². The normalized spacial score (nSPS) is 10.3. The van der Waals surface area contributed by atoms with Crippen molar-refractivity contribution in [3.05, 3.63) is 363 Å². The second-order valence-corrected chi connectivity index (χ2v) is 33.0. The Kier molecular flexibility index (Phi) is 29.7. The zero-order valence-corrected chi connectivity index (χ0v) is 64.2. The van der Waals surface area contributed by atoms with Gasteiger partial charge in [0.1, 0.15) is 74.1 Å². The largest absolute Gasteiger partial charge is 1.00 e. The first-order valence-electron chi connectivity index (χ1n) is 29.9. The summed E-state index contributed by atoms with van der Waals surface area (Å²) in [5.41, 5.74) is 7.52. The average molecular weight is 2020 g/mol. The number of hydrogen-bond donors (Lipinski definition) is 0. The number of aryl methyl sites for hydroxylation is 2. The third-order valence-electron chi connectivity index (χ3n) is 16.3. The number of benzene rings is 12. The van der Waals surface area contributed by atoms with Crippen molar-refractivity contribution in [2.75, 3.05) is 11.8 Å². The minimum absolute atomic E-state index is 0. The van der Waals surface area contributed by atoms with Crippen molar-refractivity contribution in [3.8, 4) is 23.7 Å². The molecule has 14 aromatic rings. The minimum atomic E-state index is -0.847. The van der Waals surface area contributed by atoms with Crippen molar-refractivity contribution in [3.63, 3.8) is 0 Å². The van der Waals surface area contributed by atoms with Crippen LogP contribution in [-0.2, 0) is 104 Å². The second-order valence-electron chi connectivity index (χ2n) is 21.7. The molecular weight excluding hydrogens is 1950 g/mol. The van der Waals surface area contributed by atoms with E-state index in [4.69, 9.17) is 25.7 Å². The Morgan fingerprint density at radius 3 is 0.521 bits per heavy atom. The zero-order chi connectivity index (χ0) is 62.0. The van der Waals surface area contributed by atoms with Crippen molar-refractivity contribution in [2.24, 2.45) is 14.1 Å². The molecule has 2 nitrogen and oxygen atoms in total. The molecule has 94 heavy (non-hydrogen) atoms. The Bertz CT molecular complexity index is 4080. The fourth-order valence-electron chi connectivity index (χ4n) is 11.7. The Balaban J connectivity index is 0.000000178. The topological polar surface area (TPSA) is 9.86 Å². The zero-order valence-electron chi connectivity index (χ0n) is 51.5. The molecule has 0 saturated heterocycles. The molecule has 0 aliphatic rings. The van der Waals surface area contributed by atoms with Gasteiger partial charge in [-0.05, 0) is 119 Å². The summed E-state index contributed by atoms with van der Waals surface area (Å²) in [6.45, 7) is 0. The van der Waals surface area contributed by atoms with Gasteiger partial charge in [0.2, 0.25) is 0 Å². The van der Waals surface area contributed by atoms with Gasteiger partial charge in [-0.25, -0.2) is 0 Å². The van der Waals surface area contributed by atoms with Crippen LogP contribution in [0.2, 0.25) is 0 Å². The third-order valence-corrected chi connectivity index (χ3v) is 30.2. The number of hydrogen-bond acceptors (Lipinski definition) is 0. The Labute approximate surface area is 622 Å². The average Bonchev–Trinajstić information content (AvgIpc) is 1.61. The van der Waals surface area contributed by atoms with Gasteiger partial charge in [-0.3, -0.25) is 23.7 Å². The first-order chi connectivity index (χ1) is 44.3. The molecule has 0 unspecified atom stereocenters. The Hall–Kier alpha value is -6.84. The monoisotopic (exact) mass is 2010 g/mol. The molecule has 2 heterocycles. The Morgan fingerprint density at radius 2 is 0.383 bits per heavy atom. The third kappa shape index (κ3) is 18.4. The molecule has 12 aromatic carbocycles. The van der Waals surface area contributed by atoms with Crippen LogP contribution < -0.4 is 42.4 Å². The van der Waals surface area contributed by atoms with Gasteiger partial charge in [0.15, 0.2) is 11.8 Å². The van der Waals surface area contributed by atoms with E-state index in [0.29, 0.717) is 0 Å². The number of rotatable bonds is 12. The van der Waals surface area contributed by atoms with Gasteiger partial charge in [-0.1, -0.05) is 170 Å². The van der Waals surface area contributed by atoms with Gasteiger partial charge in [0.25, 0.3) is 0 Å². The quantitative estimate of drug-likeness (QED) is 0.0499. The van der Waals surface area contributed by atoms with E-state index in [1.165, 1.54) is 54.2 Å². The van der Waals surface area contributed by atoms with Crippen molar-refractivity contribution < 1.29 is 89.5 Å². The molecule has 0 aliphatic carbocycles. The van der Waals surface area contributed by atoms with E-state index >= 15 is 0 Å². The second kappa shape index (κ2) is 37.5. The molecule has 0 atom stereocenters. The van der Waals surface area contributed by atoms with E-state index in [-0.39, 0.29) is 89.5 Å². The summed E-state index contributed by atoms with van der Waals surface area (Å²) in [4.78, 5) is 0. The molecule has 0 amide bonds. The van der Waals surface area contributed by atoms with E-state index in [2.05, 4.69) is 275 Å².